The van der Waals surface area contributed by atoms with Crippen LogP contribution in [-0.2, 0) is 0 Å². The molecule has 0 atom stereocenters. The number of benzene rings is 1. The van der Waals surface area contributed by atoms with Gasteiger partial charge in [0.15, 0.2) is 0 Å². The predicted octanol–water partition coefficient (Wildman–Crippen LogP) is 3.15. The van der Waals surface area contributed by atoms with Gasteiger partial charge in [-0.05, 0) is 30.7 Å². The van der Waals surface area contributed by atoms with E-state index < -0.39 is 0 Å². The van der Waals surface area contributed by atoms with E-state index in [2.05, 4.69) is 5.32 Å². The van der Waals surface area contributed by atoms with Crippen molar-refractivity contribution in [3.63, 3.8) is 0 Å². The first-order valence-electron chi connectivity index (χ1n) is 4.79. The van der Waals surface area contributed by atoms with Gasteiger partial charge in [-0.3, -0.25) is 4.79 Å². The average Bonchev–Trinajstić information content (AvgIpc) is 2.30. The molecular formula is C11H14ClNOS2. The average molecular weight is 276 g/mol. The van der Waals surface area contributed by atoms with Gasteiger partial charge in [0.1, 0.15) is 0 Å². The second-order valence-corrected chi connectivity index (χ2v) is 5.37. The molecule has 1 aromatic rings. The van der Waals surface area contributed by atoms with E-state index in [9.17, 15) is 4.79 Å². The standard InChI is InChI=1S/C11H14ClNOS2/c1-15-6-5-13-11(14)9-7-8(16-2)3-4-10(9)12/h3-4,7H,5-6H2,1-2H3,(H,13,14). The Morgan fingerprint density at radius 2 is 2.19 bits per heavy atom. The van der Waals surface area contributed by atoms with Crippen molar-refractivity contribution in [2.75, 3.05) is 24.8 Å². The van der Waals surface area contributed by atoms with E-state index in [0.717, 1.165) is 10.6 Å². The molecule has 88 valence electrons. The molecule has 0 saturated carbocycles. The molecule has 0 heterocycles. The summed E-state index contributed by atoms with van der Waals surface area (Å²) in [6.07, 6.45) is 3.98. The van der Waals surface area contributed by atoms with Crippen molar-refractivity contribution in [2.24, 2.45) is 0 Å². The molecule has 0 aliphatic heterocycles. The number of rotatable bonds is 5. The summed E-state index contributed by atoms with van der Waals surface area (Å²) in [5, 5.41) is 3.34. The van der Waals surface area contributed by atoms with Gasteiger partial charge in [0, 0.05) is 17.2 Å². The molecule has 5 heteroatoms. The van der Waals surface area contributed by atoms with Gasteiger partial charge in [-0.1, -0.05) is 11.6 Å². The van der Waals surface area contributed by atoms with E-state index in [-0.39, 0.29) is 5.91 Å². The smallest absolute Gasteiger partial charge is 0.252 e. The quantitative estimate of drug-likeness (QED) is 0.661. The lowest BCUT2D eigenvalue weighted by atomic mass is 10.2. The summed E-state index contributed by atoms with van der Waals surface area (Å²) in [7, 11) is 0. The first-order valence-corrected chi connectivity index (χ1v) is 7.79. The molecule has 0 saturated heterocycles. The molecule has 1 amide bonds. The number of hydrogen-bond donors (Lipinski definition) is 1. The van der Waals surface area contributed by atoms with Gasteiger partial charge < -0.3 is 5.32 Å². The fourth-order valence-corrected chi connectivity index (χ4v) is 2.12. The monoisotopic (exact) mass is 275 g/mol. The number of halogens is 1. The summed E-state index contributed by atoms with van der Waals surface area (Å²) in [6, 6.07) is 5.49. The summed E-state index contributed by atoms with van der Waals surface area (Å²) >= 11 is 9.28. The molecule has 0 radical (unpaired) electrons. The molecule has 0 bridgehead atoms. The molecule has 0 aromatic heterocycles. The summed E-state index contributed by atoms with van der Waals surface area (Å²) in [4.78, 5) is 12.8. The van der Waals surface area contributed by atoms with Crippen LogP contribution in [-0.4, -0.2) is 30.7 Å². The molecular weight excluding hydrogens is 262 g/mol. The maximum absolute atomic E-state index is 11.8. The van der Waals surface area contributed by atoms with Crippen molar-refractivity contribution in [3.8, 4) is 0 Å². The highest BCUT2D eigenvalue weighted by Gasteiger charge is 2.10. The Morgan fingerprint density at radius 1 is 1.44 bits per heavy atom. The van der Waals surface area contributed by atoms with Gasteiger partial charge in [0.25, 0.3) is 5.91 Å². The van der Waals surface area contributed by atoms with Crippen LogP contribution in [0.5, 0.6) is 0 Å². The van der Waals surface area contributed by atoms with Crippen molar-refractivity contribution < 1.29 is 4.79 Å². The van der Waals surface area contributed by atoms with Crippen LogP contribution in [0, 0.1) is 0 Å². The zero-order chi connectivity index (χ0) is 12.0. The van der Waals surface area contributed by atoms with Crippen LogP contribution in [0.25, 0.3) is 0 Å². The molecule has 16 heavy (non-hydrogen) atoms. The molecule has 0 aliphatic rings. The van der Waals surface area contributed by atoms with Gasteiger partial charge >= 0.3 is 0 Å². The Balaban J connectivity index is 2.73. The van der Waals surface area contributed by atoms with Crippen LogP contribution < -0.4 is 5.32 Å². The minimum Gasteiger partial charge on any atom is -0.351 e. The highest BCUT2D eigenvalue weighted by atomic mass is 35.5. The largest absolute Gasteiger partial charge is 0.351 e. The third-order valence-electron chi connectivity index (χ3n) is 2.01. The lowest BCUT2D eigenvalue weighted by molar-refractivity contribution is 0.0956. The number of nitrogens with one attached hydrogen (secondary N) is 1. The van der Waals surface area contributed by atoms with Crippen LogP contribution in [0.4, 0.5) is 0 Å². The first kappa shape index (κ1) is 13.7. The third-order valence-corrected chi connectivity index (χ3v) is 3.68. The highest BCUT2D eigenvalue weighted by Crippen LogP contribution is 2.22. The van der Waals surface area contributed by atoms with Crippen LogP contribution in [0.3, 0.4) is 0 Å². The van der Waals surface area contributed by atoms with Gasteiger partial charge in [0.2, 0.25) is 0 Å². The van der Waals surface area contributed by atoms with E-state index in [1.54, 1.807) is 29.6 Å². The minimum absolute atomic E-state index is 0.102. The third kappa shape index (κ3) is 3.92. The Bertz CT molecular complexity index is 371. The van der Waals surface area contributed by atoms with Crippen LogP contribution >= 0.6 is 35.1 Å². The zero-order valence-electron chi connectivity index (χ0n) is 9.25. The second kappa shape index (κ2) is 7.09. The van der Waals surface area contributed by atoms with E-state index in [1.807, 2.05) is 24.6 Å². The lowest BCUT2D eigenvalue weighted by Gasteiger charge is -2.07. The summed E-state index contributed by atoms with van der Waals surface area (Å²) in [5.74, 6) is 0.806. The zero-order valence-corrected chi connectivity index (χ0v) is 11.6. The van der Waals surface area contributed by atoms with E-state index in [4.69, 9.17) is 11.6 Å². The highest BCUT2D eigenvalue weighted by molar-refractivity contribution is 7.98. The summed E-state index contributed by atoms with van der Waals surface area (Å²) < 4.78 is 0. The summed E-state index contributed by atoms with van der Waals surface area (Å²) in [5.41, 5.74) is 0.551. The predicted molar refractivity (Wildman–Crippen MR) is 73.9 cm³/mol. The van der Waals surface area contributed by atoms with E-state index in [1.165, 1.54) is 0 Å². The molecule has 1 aromatic carbocycles. The maximum Gasteiger partial charge on any atom is 0.252 e. The van der Waals surface area contributed by atoms with Gasteiger partial charge in [-0.15, -0.1) is 11.8 Å². The molecule has 0 spiro atoms. The number of thioether (sulfide) groups is 2. The molecule has 2 nitrogen and oxygen atoms in total. The van der Waals surface area contributed by atoms with Crippen molar-refractivity contribution in [1.29, 1.82) is 0 Å². The lowest BCUT2D eigenvalue weighted by Crippen LogP contribution is -2.25. The van der Waals surface area contributed by atoms with Crippen molar-refractivity contribution in [2.45, 2.75) is 4.90 Å². The first-order chi connectivity index (χ1) is 7.69. The number of carbonyl (C=O) groups is 1. The van der Waals surface area contributed by atoms with Crippen molar-refractivity contribution in [1.82, 2.24) is 5.32 Å². The Hall–Kier alpha value is -0.320. The Labute approximate surface area is 110 Å². The molecule has 1 N–H and O–H groups in total. The van der Waals surface area contributed by atoms with Crippen molar-refractivity contribution in [3.05, 3.63) is 28.8 Å². The summed E-state index contributed by atoms with van der Waals surface area (Å²) in [6.45, 7) is 0.666. The Kier molecular flexibility index (Phi) is 6.09. The molecule has 0 fully saturated rings. The SMILES string of the molecule is CSCCNC(=O)c1cc(SC)ccc1Cl. The van der Waals surface area contributed by atoms with E-state index >= 15 is 0 Å². The van der Waals surface area contributed by atoms with Crippen molar-refractivity contribution >= 4 is 41.0 Å². The fourth-order valence-electron chi connectivity index (χ4n) is 1.17. The number of amides is 1. The van der Waals surface area contributed by atoms with Crippen LogP contribution in [0.1, 0.15) is 10.4 Å². The maximum atomic E-state index is 11.8. The topological polar surface area (TPSA) is 29.1 Å². The fraction of sp³-hybridized carbons (Fsp3) is 0.364. The molecule has 0 unspecified atom stereocenters. The Morgan fingerprint density at radius 3 is 2.81 bits per heavy atom. The minimum atomic E-state index is -0.102. The number of hydrogen-bond acceptors (Lipinski definition) is 3. The van der Waals surface area contributed by atoms with Crippen LogP contribution in [0.15, 0.2) is 23.1 Å². The van der Waals surface area contributed by atoms with Gasteiger partial charge in [-0.2, -0.15) is 11.8 Å². The van der Waals surface area contributed by atoms with Crippen LogP contribution in [0.2, 0.25) is 5.02 Å². The normalized spacial score (nSPS) is 10.2. The second-order valence-electron chi connectivity index (χ2n) is 3.09. The molecule has 1 rings (SSSR count). The van der Waals surface area contributed by atoms with Gasteiger partial charge in [0.05, 0.1) is 10.6 Å². The van der Waals surface area contributed by atoms with Gasteiger partial charge in [-0.25, -0.2) is 0 Å². The number of carbonyl (C=O) groups excluding carboxylic acids is 1. The molecule has 0 aliphatic carbocycles. The van der Waals surface area contributed by atoms with E-state index in [0.29, 0.717) is 17.1 Å².